The molecule has 1 aliphatic heterocycles. The van der Waals surface area contributed by atoms with Gasteiger partial charge in [0.25, 0.3) is 0 Å². The van der Waals surface area contributed by atoms with E-state index in [1.54, 1.807) is 16.5 Å². The van der Waals surface area contributed by atoms with Gasteiger partial charge in [-0.05, 0) is 32.3 Å². The summed E-state index contributed by atoms with van der Waals surface area (Å²) in [5, 5.41) is 7.30. The Labute approximate surface area is 176 Å². The van der Waals surface area contributed by atoms with Crippen molar-refractivity contribution in [1.82, 2.24) is 20.1 Å². The number of fused-ring (bicyclic) bond motifs is 1. The predicted molar refractivity (Wildman–Crippen MR) is 114 cm³/mol. The standard InChI is InChI=1S/C22H29N5O3/c1-6-30-21(29)19-16(5)26(12-18(28)23-11-14(2)3)22-24-13-25-27(22)20(19)17-9-7-15(4)8-10-17/h7-10,13-14,20H,6,11-12H2,1-5H3,(H,23,28)/t20-/m1/s1. The first-order valence-corrected chi connectivity index (χ1v) is 10.2. The molecule has 0 saturated carbocycles. The first-order valence-electron chi connectivity index (χ1n) is 10.2. The third-order valence-corrected chi connectivity index (χ3v) is 5.01. The number of benzene rings is 1. The van der Waals surface area contributed by atoms with Crippen LogP contribution in [0.15, 0.2) is 41.9 Å². The highest BCUT2D eigenvalue weighted by atomic mass is 16.5. The molecule has 8 heteroatoms. The normalized spacial score (nSPS) is 15.9. The van der Waals surface area contributed by atoms with Gasteiger partial charge in [-0.15, -0.1) is 0 Å². The van der Waals surface area contributed by atoms with Crippen molar-refractivity contribution in [3.05, 3.63) is 53.0 Å². The van der Waals surface area contributed by atoms with E-state index in [-0.39, 0.29) is 19.1 Å². The monoisotopic (exact) mass is 411 g/mol. The number of hydrogen-bond donors (Lipinski definition) is 1. The second-order valence-corrected chi connectivity index (χ2v) is 7.82. The minimum absolute atomic E-state index is 0.0424. The first-order chi connectivity index (χ1) is 14.3. The number of anilines is 1. The first kappa shape index (κ1) is 21.5. The number of amides is 1. The molecule has 8 nitrogen and oxygen atoms in total. The summed E-state index contributed by atoms with van der Waals surface area (Å²) in [7, 11) is 0. The minimum atomic E-state index is -0.475. The zero-order chi connectivity index (χ0) is 21.8. The number of rotatable bonds is 7. The molecule has 0 aliphatic carbocycles. The average Bonchev–Trinajstić information content (AvgIpc) is 3.18. The van der Waals surface area contributed by atoms with E-state index in [1.165, 1.54) is 6.33 Å². The summed E-state index contributed by atoms with van der Waals surface area (Å²) in [5.41, 5.74) is 3.11. The van der Waals surface area contributed by atoms with E-state index >= 15 is 0 Å². The van der Waals surface area contributed by atoms with E-state index in [1.807, 2.05) is 52.0 Å². The van der Waals surface area contributed by atoms with Gasteiger partial charge in [-0.2, -0.15) is 10.1 Å². The van der Waals surface area contributed by atoms with E-state index in [0.29, 0.717) is 29.7 Å². The molecule has 30 heavy (non-hydrogen) atoms. The fourth-order valence-electron chi connectivity index (χ4n) is 3.47. The highest BCUT2D eigenvalue weighted by Gasteiger charge is 2.38. The van der Waals surface area contributed by atoms with Crippen molar-refractivity contribution >= 4 is 17.8 Å². The number of hydrogen-bond acceptors (Lipinski definition) is 6. The Hall–Kier alpha value is -3.16. The molecule has 2 heterocycles. The van der Waals surface area contributed by atoms with Crippen LogP contribution in [0.1, 0.15) is 44.9 Å². The lowest BCUT2D eigenvalue weighted by Crippen LogP contribution is -2.43. The van der Waals surface area contributed by atoms with Crippen LogP contribution in [-0.2, 0) is 14.3 Å². The predicted octanol–water partition coefficient (Wildman–Crippen LogP) is 2.61. The maximum Gasteiger partial charge on any atom is 0.338 e. The second-order valence-electron chi connectivity index (χ2n) is 7.82. The van der Waals surface area contributed by atoms with Crippen molar-refractivity contribution in [1.29, 1.82) is 0 Å². The van der Waals surface area contributed by atoms with Crippen LogP contribution < -0.4 is 10.2 Å². The lowest BCUT2D eigenvalue weighted by molar-refractivity contribution is -0.139. The summed E-state index contributed by atoms with van der Waals surface area (Å²) in [5.74, 6) is 0.298. The number of carbonyl (C=O) groups is 2. The van der Waals surface area contributed by atoms with Gasteiger partial charge in [0.1, 0.15) is 18.9 Å². The van der Waals surface area contributed by atoms with E-state index in [0.717, 1.165) is 11.1 Å². The number of allylic oxidation sites excluding steroid dienone is 1. The van der Waals surface area contributed by atoms with Gasteiger partial charge in [-0.25, -0.2) is 9.48 Å². The summed E-state index contributed by atoms with van der Waals surface area (Å²) >= 11 is 0. The molecule has 1 aromatic heterocycles. The average molecular weight is 412 g/mol. The maximum atomic E-state index is 13.0. The highest BCUT2D eigenvalue weighted by molar-refractivity contribution is 5.93. The van der Waals surface area contributed by atoms with Crippen LogP contribution >= 0.6 is 0 Å². The van der Waals surface area contributed by atoms with E-state index in [4.69, 9.17) is 4.74 Å². The van der Waals surface area contributed by atoms with Crippen LogP contribution in [0.25, 0.3) is 0 Å². The van der Waals surface area contributed by atoms with Crippen molar-refractivity contribution in [3.63, 3.8) is 0 Å². The molecule has 1 aromatic carbocycles. The van der Waals surface area contributed by atoms with E-state index < -0.39 is 12.0 Å². The number of nitrogens with one attached hydrogen (secondary N) is 1. The number of nitrogens with zero attached hydrogens (tertiary/aromatic N) is 4. The summed E-state index contributed by atoms with van der Waals surface area (Å²) in [6.07, 6.45) is 1.44. The van der Waals surface area contributed by atoms with Gasteiger partial charge in [0, 0.05) is 12.2 Å². The lowest BCUT2D eigenvalue weighted by atomic mass is 9.94. The van der Waals surface area contributed by atoms with E-state index in [2.05, 4.69) is 15.4 Å². The van der Waals surface area contributed by atoms with Crippen LogP contribution in [0.4, 0.5) is 5.95 Å². The van der Waals surface area contributed by atoms with Gasteiger partial charge in [0.15, 0.2) is 0 Å². The van der Waals surface area contributed by atoms with Gasteiger partial charge in [-0.1, -0.05) is 43.7 Å². The van der Waals surface area contributed by atoms with Crippen molar-refractivity contribution in [2.24, 2.45) is 5.92 Å². The summed E-state index contributed by atoms with van der Waals surface area (Å²) in [4.78, 5) is 31.6. The third-order valence-electron chi connectivity index (χ3n) is 5.01. The largest absolute Gasteiger partial charge is 0.463 e. The molecular formula is C22H29N5O3. The number of carbonyl (C=O) groups excluding carboxylic acids is 2. The Balaban J connectivity index is 2.05. The minimum Gasteiger partial charge on any atom is -0.463 e. The van der Waals surface area contributed by atoms with Crippen molar-refractivity contribution in [2.75, 3.05) is 24.6 Å². The fourth-order valence-corrected chi connectivity index (χ4v) is 3.47. The quantitative estimate of drug-likeness (QED) is 0.705. The summed E-state index contributed by atoms with van der Waals surface area (Å²) in [6, 6.07) is 7.47. The Bertz CT molecular complexity index is 946. The molecule has 2 aromatic rings. The Morgan fingerprint density at radius 3 is 2.53 bits per heavy atom. The molecule has 1 atom stereocenters. The number of aryl methyl sites for hydroxylation is 1. The van der Waals surface area contributed by atoms with Gasteiger partial charge in [0.2, 0.25) is 11.9 Å². The van der Waals surface area contributed by atoms with Gasteiger partial charge in [-0.3, -0.25) is 4.79 Å². The number of aromatic nitrogens is 3. The Morgan fingerprint density at radius 2 is 1.90 bits per heavy atom. The van der Waals surface area contributed by atoms with E-state index in [9.17, 15) is 9.59 Å². The molecule has 160 valence electrons. The van der Waals surface area contributed by atoms with Crippen molar-refractivity contribution < 1.29 is 14.3 Å². The van der Waals surface area contributed by atoms with Gasteiger partial charge < -0.3 is 15.0 Å². The van der Waals surface area contributed by atoms with Crippen LogP contribution in [0, 0.1) is 12.8 Å². The zero-order valence-corrected chi connectivity index (χ0v) is 18.2. The molecule has 1 amide bonds. The maximum absolute atomic E-state index is 13.0. The summed E-state index contributed by atoms with van der Waals surface area (Å²) in [6.45, 7) is 10.6. The molecule has 0 fully saturated rings. The molecular weight excluding hydrogens is 382 g/mol. The molecule has 0 bridgehead atoms. The SMILES string of the molecule is CCOC(=O)C1=C(C)N(CC(=O)NCC(C)C)c2ncnn2[C@@H]1c1ccc(C)cc1. The Kier molecular flexibility index (Phi) is 6.54. The lowest BCUT2D eigenvalue weighted by Gasteiger charge is -2.35. The van der Waals surface area contributed by atoms with Crippen LogP contribution in [-0.4, -0.2) is 46.3 Å². The molecule has 3 rings (SSSR count). The van der Waals surface area contributed by atoms with Gasteiger partial charge in [0.05, 0.1) is 12.2 Å². The van der Waals surface area contributed by atoms with Crippen LogP contribution in [0.5, 0.6) is 0 Å². The molecule has 1 N–H and O–H groups in total. The molecule has 0 spiro atoms. The van der Waals surface area contributed by atoms with Gasteiger partial charge >= 0.3 is 5.97 Å². The third kappa shape index (κ3) is 4.37. The van der Waals surface area contributed by atoms with Crippen molar-refractivity contribution in [2.45, 2.75) is 40.7 Å². The topological polar surface area (TPSA) is 89.3 Å². The van der Waals surface area contributed by atoms with Crippen molar-refractivity contribution in [3.8, 4) is 0 Å². The Morgan fingerprint density at radius 1 is 1.20 bits per heavy atom. The number of esters is 1. The van der Waals surface area contributed by atoms with Crippen LogP contribution in [0.3, 0.4) is 0 Å². The number of ether oxygens (including phenoxy) is 1. The second kappa shape index (κ2) is 9.11. The highest BCUT2D eigenvalue weighted by Crippen LogP contribution is 2.38. The molecule has 0 unspecified atom stereocenters. The molecule has 1 aliphatic rings. The van der Waals surface area contributed by atoms with Crippen LogP contribution in [0.2, 0.25) is 0 Å². The fraction of sp³-hybridized carbons (Fsp3) is 0.455. The molecule has 0 radical (unpaired) electrons. The molecule has 0 saturated heterocycles. The zero-order valence-electron chi connectivity index (χ0n) is 18.2. The summed E-state index contributed by atoms with van der Waals surface area (Å²) < 4.78 is 7.05. The smallest absolute Gasteiger partial charge is 0.338 e.